The van der Waals surface area contributed by atoms with Crippen molar-refractivity contribution in [2.45, 2.75) is 51.0 Å². The Kier molecular flexibility index (Phi) is 8.80. The van der Waals surface area contributed by atoms with Gasteiger partial charge in [0.25, 0.3) is 5.91 Å². The second-order valence-electron chi connectivity index (χ2n) is 6.22. The van der Waals surface area contributed by atoms with Crippen molar-refractivity contribution in [1.29, 1.82) is 0 Å². The predicted molar refractivity (Wildman–Crippen MR) is 97.0 cm³/mol. The Balaban J connectivity index is 2.94. The van der Waals surface area contributed by atoms with Crippen LogP contribution in [0.1, 0.15) is 38.7 Å². The number of nitrogens with zero attached hydrogens (tertiary/aromatic N) is 1. The minimum Gasteiger partial charge on any atom is -0.356 e. The van der Waals surface area contributed by atoms with Gasteiger partial charge in [0.2, 0.25) is 15.9 Å². The first-order valence-electron chi connectivity index (χ1n) is 8.57. The highest BCUT2D eigenvalue weighted by molar-refractivity contribution is 7.89. The zero-order chi connectivity index (χ0) is 20.6. The summed E-state index contributed by atoms with van der Waals surface area (Å²) in [6, 6.07) is 2.26. The molecule has 10 heteroatoms. The van der Waals surface area contributed by atoms with Crippen molar-refractivity contribution in [2.75, 3.05) is 13.1 Å². The van der Waals surface area contributed by atoms with Crippen molar-refractivity contribution in [1.82, 2.24) is 15.1 Å². The zero-order valence-corrected chi connectivity index (χ0v) is 16.5. The van der Waals surface area contributed by atoms with Gasteiger partial charge in [-0.1, -0.05) is 6.42 Å². The first kappa shape index (κ1) is 23.0. The van der Waals surface area contributed by atoms with Crippen molar-refractivity contribution in [3.8, 4) is 0 Å². The van der Waals surface area contributed by atoms with E-state index in [1.165, 1.54) is 32.3 Å². The summed E-state index contributed by atoms with van der Waals surface area (Å²) in [7, 11) is -4.08. The van der Waals surface area contributed by atoms with Crippen LogP contribution in [0.3, 0.4) is 0 Å². The molecule has 1 aromatic rings. The number of aryl methyl sites for hydroxylation is 1. The SMILES string of the molecule is CC(=O)NCCCCCN([C@H](C)C(=O)NO)S(=O)(=O)c1ccc(F)c(C)c1. The van der Waals surface area contributed by atoms with Gasteiger partial charge < -0.3 is 5.32 Å². The fourth-order valence-corrected chi connectivity index (χ4v) is 4.21. The molecule has 0 aliphatic heterocycles. The number of carbonyl (C=O) groups is 2. The molecule has 0 fully saturated rings. The molecular formula is C17H26FN3O5S. The van der Waals surface area contributed by atoms with E-state index >= 15 is 0 Å². The van der Waals surface area contributed by atoms with E-state index in [1.807, 2.05) is 0 Å². The van der Waals surface area contributed by atoms with Gasteiger partial charge >= 0.3 is 0 Å². The molecular weight excluding hydrogens is 377 g/mol. The first-order chi connectivity index (χ1) is 12.6. The molecule has 1 atom stereocenters. The summed E-state index contributed by atoms with van der Waals surface area (Å²) in [4.78, 5) is 22.5. The van der Waals surface area contributed by atoms with Crippen molar-refractivity contribution in [3.63, 3.8) is 0 Å². The van der Waals surface area contributed by atoms with E-state index < -0.39 is 27.8 Å². The molecule has 0 bridgehead atoms. The van der Waals surface area contributed by atoms with E-state index in [9.17, 15) is 22.4 Å². The zero-order valence-electron chi connectivity index (χ0n) is 15.7. The summed E-state index contributed by atoms with van der Waals surface area (Å²) >= 11 is 0. The lowest BCUT2D eigenvalue weighted by atomic mass is 10.2. The Labute approximate surface area is 158 Å². The summed E-state index contributed by atoms with van der Waals surface area (Å²) in [5.41, 5.74) is 1.63. The summed E-state index contributed by atoms with van der Waals surface area (Å²) in [5.74, 6) is -1.53. The number of hydrogen-bond acceptors (Lipinski definition) is 5. The van der Waals surface area contributed by atoms with Gasteiger partial charge in [0.05, 0.1) is 4.90 Å². The number of amides is 2. The second kappa shape index (κ2) is 10.3. The molecule has 2 amide bonds. The highest BCUT2D eigenvalue weighted by Gasteiger charge is 2.32. The van der Waals surface area contributed by atoms with Crippen LogP contribution in [0.5, 0.6) is 0 Å². The number of nitrogens with one attached hydrogen (secondary N) is 2. The third-order valence-electron chi connectivity index (χ3n) is 4.09. The van der Waals surface area contributed by atoms with Gasteiger partial charge in [0.1, 0.15) is 11.9 Å². The van der Waals surface area contributed by atoms with Crippen LogP contribution in [-0.2, 0) is 19.6 Å². The molecule has 0 spiro atoms. The number of halogens is 1. The Morgan fingerprint density at radius 2 is 1.93 bits per heavy atom. The minimum atomic E-state index is -4.08. The van der Waals surface area contributed by atoms with Crippen LogP contribution >= 0.6 is 0 Å². The third kappa shape index (κ3) is 6.56. The highest BCUT2D eigenvalue weighted by Crippen LogP contribution is 2.21. The third-order valence-corrected chi connectivity index (χ3v) is 6.05. The fourth-order valence-electron chi connectivity index (χ4n) is 2.49. The van der Waals surface area contributed by atoms with Crippen LogP contribution in [0.4, 0.5) is 4.39 Å². The largest absolute Gasteiger partial charge is 0.356 e. The first-order valence-corrected chi connectivity index (χ1v) is 10.0. The normalized spacial score (nSPS) is 12.7. The van der Waals surface area contributed by atoms with Crippen molar-refractivity contribution in [2.24, 2.45) is 0 Å². The number of rotatable bonds is 10. The lowest BCUT2D eigenvalue weighted by Gasteiger charge is -2.27. The minimum absolute atomic E-state index is 0.0351. The lowest BCUT2D eigenvalue weighted by Crippen LogP contribution is -2.47. The molecule has 0 aliphatic carbocycles. The molecule has 0 heterocycles. The maximum Gasteiger partial charge on any atom is 0.261 e. The molecule has 8 nitrogen and oxygen atoms in total. The van der Waals surface area contributed by atoms with E-state index in [1.54, 1.807) is 0 Å². The van der Waals surface area contributed by atoms with Gasteiger partial charge in [0, 0.05) is 20.0 Å². The smallest absolute Gasteiger partial charge is 0.261 e. The van der Waals surface area contributed by atoms with Crippen LogP contribution < -0.4 is 10.8 Å². The topological polar surface area (TPSA) is 116 Å². The molecule has 1 rings (SSSR count). The summed E-state index contributed by atoms with van der Waals surface area (Å²) in [6.07, 6.45) is 1.73. The van der Waals surface area contributed by atoms with Crippen LogP contribution in [0.15, 0.2) is 23.1 Å². The number of hydroxylamine groups is 1. The van der Waals surface area contributed by atoms with Crippen LogP contribution in [0, 0.1) is 12.7 Å². The van der Waals surface area contributed by atoms with Gasteiger partial charge in [-0.05, 0) is 50.5 Å². The standard InChI is InChI=1S/C17H26FN3O5S/c1-12-11-15(7-8-16(12)18)27(25,26)21(13(2)17(23)20-24)10-6-4-5-9-19-14(3)22/h7-8,11,13,24H,4-6,9-10H2,1-3H3,(H,19,22)(H,20,23)/t13-/m1/s1. The van der Waals surface area contributed by atoms with E-state index in [4.69, 9.17) is 5.21 Å². The molecule has 0 radical (unpaired) electrons. The Morgan fingerprint density at radius 1 is 1.26 bits per heavy atom. The summed E-state index contributed by atoms with van der Waals surface area (Å²) < 4.78 is 40.4. The maximum absolute atomic E-state index is 13.5. The van der Waals surface area contributed by atoms with Crippen LogP contribution in [0.25, 0.3) is 0 Å². The van der Waals surface area contributed by atoms with Gasteiger partial charge in [-0.15, -0.1) is 0 Å². The van der Waals surface area contributed by atoms with Crippen molar-refractivity contribution in [3.05, 3.63) is 29.6 Å². The van der Waals surface area contributed by atoms with Gasteiger partial charge in [0.15, 0.2) is 0 Å². The summed E-state index contributed by atoms with van der Waals surface area (Å²) in [6.45, 7) is 4.73. The molecule has 0 unspecified atom stereocenters. The monoisotopic (exact) mass is 403 g/mol. The molecule has 27 heavy (non-hydrogen) atoms. The molecule has 0 aromatic heterocycles. The number of unbranched alkanes of at least 4 members (excludes halogenated alkanes) is 2. The predicted octanol–water partition coefficient (Wildman–Crippen LogP) is 1.33. The van der Waals surface area contributed by atoms with Crippen molar-refractivity contribution < 1.29 is 27.6 Å². The number of benzene rings is 1. The lowest BCUT2D eigenvalue weighted by molar-refractivity contribution is -0.132. The Hall–Kier alpha value is -2.04. The average Bonchev–Trinajstić information content (AvgIpc) is 2.61. The van der Waals surface area contributed by atoms with E-state index in [0.717, 1.165) is 16.4 Å². The molecule has 0 saturated carbocycles. The Morgan fingerprint density at radius 3 is 2.48 bits per heavy atom. The fraction of sp³-hybridized carbons (Fsp3) is 0.529. The van der Waals surface area contributed by atoms with E-state index in [0.29, 0.717) is 25.8 Å². The van der Waals surface area contributed by atoms with Crippen LogP contribution in [0.2, 0.25) is 0 Å². The van der Waals surface area contributed by atoms with E-state index in [-0.39, 0.29) is 22.9 Å². The second-order valence-corrected chi connectivity index (χ2v) is 8.11. The van der Waals surface area contributed by atoms with Crippen LogP contribution in [-0.4, -0.2) is 48.9 Å². The Bertz CT molecular complexity index is 770. The molecule has 3 N–H and O–H groups in total. The van der Waals surface area contributed by atoms with E-state index in [2.05, 4.69) is 5.32 Å². The number of hydrogen-bond donors (Lipinski definition) is 3. The quantitative estimate of drug-likeness (QED) is 0.310. The van der Waals surface area contributed by atoms with Gasteiger partial charge in [-0.3, -0.25) is 14.8 Å². The summed E-state index contributed by atoms with van der Waals surface area (Å²) in [5, 5.41) is 11.5. The molecule has 0 saturated heterocycles. The molecule has 152 valence electrons. The highest BCUT2D eigenvalue weighted by atomic mass is 32.2. The average molecular weight is 403 g/mol. The molecule has 1 aromatic carbocycles. The molecule has 0 aliphatic rings. The van der Waals surface area contributed by atoms with Gasteiger partial charge in [-0.2, -0.15) is 4.31 Å². The number of sulfonamides is 1. The maximum atomic E-state index is 13.5. The number of carbonyl (C=O) groups excluding carboxylic acids is 2. The van der Waals surface area contributed by atoms with Crippen molar-refractivity contribution >= 4 is 21.8 Å². The van der Waals surface area contributed by atoms with Gasteiger partial charge in [-0.25, -0.2) is 18.3 Å².